The number of nitrogens with zero attached hydrogens (tertiary/aromatic N) is 1. The van der Waals surface area contributed by atoms with Gasteiger partial charge >= 0.3 is 0 Å². The number of rotatable bonds is 3. The summed E-state index contributed by atoms with van der Waals surface area (Å²) in [5, 5.41) is 0. The van der Waals surface area contributed by atoms with Crippen molar-refractivity contribution < 1.29 is 19.0 Å². The van der Waals surface area contributed by atoms with Gasteiger partial charge in [-0.25, -0.2) is 0 Å². The van der Waals surface area contributed by atoms with Crippen molar-refractivity contribution in [2.24, 2.45) is 0 Å². The number of benzene rings is 1. The SMILES string of the molecule is COc1cc(OC)cc(C(=O)N2CCO[C@H]3CCCC[C@H]32)c1. The summed E-state index contributed by atoms with van der Waals surface area (Å²) in [5.41, 5.74) is 0.613. The van der Waals surface area contributed by atoms with E-state index in [1.807, 2.05) is 4.90 Å². The fourth-order valence-corrected chi connectivity index (χ4v) is 3.45. The number of ether oxygens (including phenoxy) is 3. The molecule has 5 heteroatoms. The molecule has 2 atom stereocenters. The lowest BCUT2D eigenvalue weighted by Gasteiger charge is -2.43. The maximum Gasteiger partial charge on any atom is 0.254 e. The Balaban J connectivity index is 1.86. The number of morpholine rings is 1. The van der Waals surface area contributed by atoms with Crippen LogP contribution >= 0.6 is 0 Å². The van der Waals surface area contributed by atoms with Gasteiger partial charge in [0.05, 0.1) is 33.0 Å². The van der Waals surface area contributed by atoms with Crippen molar-refractivity contribution in [1.82, 2.24) is 4.90 Å². The zero-order valence-corrected chi connectivity index (χ0v) is 13.2. The molecule has 1 aromatic carbocycles. The molecule has 0 spiro atoms. The van der Waals surface area contributed by atoms with E-state index in [1.54, 1.807) is 32.4 Å². The summed E-state index contributed by atoms with van der Waals surface area (Å²) in [7, 11) is 3.18. The highest BCUT2D eigenvalue weighted by Gasteiger charge is 2.37. The third-order valence-corrected chi connectivity index (χ3v) is 4.59. The van der Waals surface area contributed by atoms with Crippen molar-refractivity contribution in [3.05, 3.63) is 23.8 Å². The number of carbonyl (C=O) groups excluding carboxylic acids is 1. The minimum Gasteiger partial charge on any atom is -0.497 e. The molecule has 0 unspecified atom stereocenters. The third kappa shape index (κ3) is 2.90. The van der Waals surface area contributed by atoms with Crippen LogP contribution in [0.3, 0.4) is 0 Å². The highest BCUT2D eigenvalue weighted by atomic mass is 16.5. The Morgan fingerprint density at radius 3 is 2.50 bits per heavy atom. The summed E-state index contributed by atoms with van der Waals surface area (Å²) in [5.74, 6) is 1.31. The normalized spacial score (nSPS) is 24.5. The van der Waals surface area contributed by atoms with E-state index in [0.29, 0.717) is 30.2 Å². The molecule has 1 saturated heterocycles. The fourth-order valence-electron chi connectivity index (χ4n) is 3.45. The monoisotopic (exact) mass is 305 g/mol. The first-order valence-electron chi connectivity index (χ1n) is 7.88. The highest BCUT2D eigenvalue weighted by Crippen LogP contribution is 2.31. The average molecular weight is 305 g/mol. The molecule has 0 aromatic heterocycles. The van der Waals surface area contributed by atoms with E-state index < -0.39 is 0 Å². The van der Waals surface area contributed by atoms with Crippen LogP contribution in [0.25, 0.3) is 0 Å². The third-order valence-electron chi connectivity index (χ3n) is 4.59. The van der Waals surface area contributed by atoms with Crippen molar-refractivity contribution in [2.75, 3.05) is 27.4 Å². The first kappa shape index (κ1) is 15.2. The lowest BCUT2D eigenvalue weighted by Crippen LogP contribution is -2.54. The van der Waals surface area contributed by atoms with E-state index in [4.69, 9.17) is 14.2 Å². The minimum absolute atomic E-state index is 0.0393. The van der Waals surface area contributed by atoms with Gasteiger partial charge in [0.25, 0.3) is 5.91 Å². The molecule has 0 radical (unpaired) electrons. The van der Waals surface area contributed by atoms with Gasteiger partial charge in [0.2, 0.25) is 0 Å². The summed E-state index contributed by atoms with van der Waals surface area (Å²) in [6.07, 6.45) is 4.62. The number of fused-ring (bicyclic) bond motifs is 1. The Hall–Kier alpha value is -1.75. The van der Waals surface area contributed by atoms with Crippen molar-refractivity contribution in [2.45, 2.75) is 37.8 Å². The predicted octanol–water partition coefficient (Wildman–Crippen LogP) is 2.49. The Morgan fingerprint density at radius 1 is 1.14 bits per heavy atom. The summed E-state index contributed by atoms with van der Waals surface area (Å²) in [4.78, 5) is 14.9. The second-order valence-corrected chi connectivity index (χ2v) is 5.86. The van der Waals surface area contributed by atoms with Crippen LogP contribution in [-0.4, -0.2) is 50.3 Å². The highest BCUT2D eigenvalue weighted by molar-refractivity contribution is 5.95. The first-order valence-corrected chi connectivity index (χ1v) is 7.88. The maximum absolute atomic E-state index is 13.0. The van der Waals surface area contributed by atoms with Crippen LogP contribution in [0.2, 0.25) is 0 Å². The summed E-state index contributed by atoms with van der Waals surface area (Å²) < 4.78 is 16.4. The number of methoxy groups -OCH3 is 2. The molecule has 1 heterocycles. The number of hydrogen-bond donors (Lipinski definition) is 0. The standard InChI is InChI=1S/C17H23NO4/c1-20-13-9-12(10-14(11-13)21-2)17(19)18-7-8-22-16-6-4-3-5-15(16)18/h9-11,15-16H,3-8H2,1-2H3/t15-,16+/m1/s1. The van der Waals surface area contributed by atoms with Gasteiger partial charge in [-0.1, -0.05) is 12.8 Å². The van der Waals surface area contributed by atoms with Crippen LogP contribution in [0.5, 0.6) is 11.5 Å². The zero-order chi connectivity index (χ0) is 15.5. The van der Waals surface area contributed by atoms with Crippen molar-refractivity contribution in [3.63, 3.8) is 0 Å². The van der Waals surface area contributed by atoms with Gasteiger partial charge in [0.1, 0.15) is 11.5 Å². The smallest absolute Gasteiger partial charge is 0.254 e. The molecule has 0 bridgehead atoms. The van der Waals surface area contributed by atoms with Crippen molar-refractivity contribution in [3.8, 4) is 11.5 Å². The average Bonchev–Trinajstić information content (AvgIpc) is 2.60. The van der Waals surface area contributed by atoms with Crippen LogP contribution in [0.1, 0.15) is 36.0 Å². The Bertz CT molecular complexity index is 521. The predicted molar refractivity (Wildman–Crippen MR) is 82.6 cm³/mol. The van der Waals surface area contributed by atoms with Gasteiger partial charge in [-0.05, 0) is 25.0 Å². The van der Waals surface area contributed by atoms with Gasteiger partial charge in [-0.2, -0.15) is 0 Å². The number of hydrogen-bond acceptors (Lipinski definition) is 4. The van der Waals surface area contributed by atoms with Crippen LogP contribution in [-0.2, 0) is 4.74 Å². The van der Waals surface area contributed by atoms with Gasteiger partial charge in [-0.15, -0.1) is 0 Å². The second kappa shape index (κ2) is 6.57. The van der Waals surface area contributed by atoms with Gasteiger partial charge in [-0.3, -0.25) is 4.79 Å². The Kier molecular flexibility index (Phi) is 4.52. The Morgan fingerprint density at radius 2 is 1.82 bits per heavy atom. The van der Waals surface area contributed by atoms with E-state index in [-0.39, 0.29) is 18.1 Å². The molecule has 5 nitrogen and oxygen atoms in total. The molecule has 22 heavy (non-hydrogen) atoms. The molecule has 1 aromatic rings. The van der Waals surface area contributed by atoms with E-state index in [0.717, 1.165) is 19.3 Å². The van der Waals surface area contributed by atoms with Gasteiger partial charge in [0, 0.05) is 18.2 Å². The van der Waals surface area contributed by atoms with E-state index in [1.165, 1.54) is 6.42 Å². The molecule has 2 aliphatic rings. The number of amides is 1. The first-order chi connectivity index (χ1) is 10.7. The molecular weight excluding hydrogens is 282 g/mol. The molecule has 0 N–H and O–H groups in total. The molecule has 120 valence electrons. The fraction of sp³-hybridized carbons (Fsp3) is 0.588. The maximum atomic E-state index is 13.0. The van der Waals surface area contributed by atoms with E-state index in [2.05, 4.69) is 0 Å². The molecule has 2 fully saturated rings. The lowest BCUT2D eigenvalue weighted by molar-refractivity contribution is -0.0752. The molecule has 1 aliphatic carbocycles. The summed E-state index contributed by atoms with van der Waals surface area (Å²) in [6, 6.07) is 5.53. The van der Waals surface area contributed by atoms with E-state index >= 15 is 0 Å². The van der Waals surface area contributed by atoms with Gasteiger partial charge < -0.3 is 19.1 Å². The molecule has 1 amide bonds. The molecule has 1 aliphatic heterocycles. The van der Waals surface area contributed by atoms with Crippen molar-refractivity contribution in [1.29, 1.82) is 0 Å². The van der Waals surface area contributed by atoms with Crippen LogP contribution in [0.4, 0.5) is 0 Å². The second-order valence-electron chi connectivity index (χ2n) is 5.86. The Labute approximate surface area is 131 Å². The zero-order valence-electron chi connectivity index (χ0n) is 13.2. The van der Waals surface area contributed by atoms with Crippen molar-refractivity contribution >= 4 is 5.91 Å². The van der Waals surface area contributed by atoms with Crippen LogP contribution < -0.4 is 9.47 Å². The van der Waals surface area contributed by atoms with Crippen LogP contribution in [0, 0.1) is 0 Å². The minimum atomic E-state index is 0.0393. The topological polar surface area (TPSA) is 48.0 Å². The number of carbonyl (C=O) groups is 1. The van der Waals surface area contributed by atoms with E-state index in [9.17, 15) is 4.79 Å². The summed E-state index contributed by atoms with van der Waals surface area (Å²) in [6.45, 7) is 1.27. The molecular formula is C17H23NO4. The molecule has 1 saturated carbocycles. The largest absolute Gasteiger partial charge is 0.497 e. The lowest BCUT2D eigenvalue weighted by atomic mass is 9.89. The summed E-state index contributed by atoms with van der Waals surface area (Å²) >= 11 is 0. The van der Waals surface area contributed by atoms with Gasteiger partial charge in [0.15, 0.2) is 0 Å². The van der Waals surface area contributed by atoms with Crippen LogP contribution in [0.15, 0.2) is 18.2 Å². The quantitative estimate of drug-likeness (QED) is 0.861. The molecule has 3 rings (SSSR count).